The normalized spacial score (nSPS) is 12.2. The van der Waals surface area contributed by atoms with Gasteiger partial charge in [0.15, 0.2) is 0 Å². The molecule has 112 valence electrons. The Kier molecular flexibility index (Phi) is 6.31. The number of nitrogens with zero attached hydrogens (tertiary/aromatic N) is 1. The highest BCUT2D eigenvalue weighted by molar-refractivity contribution is 5.69. The lowest BCUT2D eigenvalue weighted by Gasteiger charge is -2.27. The van der Waals surface area contributed by atoms with E-state index in [1.165, 1.54) is 0 Å². The molecule has 0 radical (unpaired) electrons. The van der Waals surface area contributed by atoms with E-state index in [4.69, 9.17) is 14.6 Å². The third kappa shape index (κ3) is 4.42. The molecular weight excluding hydrogens is 258 g/mol. The molecule has 1 rings (SSSR count). The summed E-state index contributed by atoms with van der Waals surface area (Å²) in [5.41, 5.74) is 0.924. The minimum Gasteiger partial charge on any atom is -0.497 e. The molecule has 0 aliphatic rings. The number of carboxylic acid groups (broad SMARTS) is 1. The summed E-state index contributed by atoms with van der Waals surface area (Å²) in [6.45, 7) is 4.59. The van der Waals surface area contributed by atoms with Crippen molar-refractivity contribution >= 4 is 5.97 Å². The molecule has 0 saturated heterocycles. The summed E-state index contributed by atoms with van der Waals surface area (Å²) < 4.78 is 10.5. The number of carboxylic acids is 1. The van der Waals surface area contributed by atoms with E-state index >= 15 is 0 Å². The first-order valence-electron chi connectivity index (χ1n) is 6.68. The molecule has 1 unspecified atom stereocenters. The largest absolute Gasteiger partial charge is 0.497 e. The van der Waals surface area contributed by atoms with Crippen molar-refractivity contribution in [2.24, 2.45) is 0 Å². The second-order valence-corrected chi connectivity index (χ2v) is 4.73. The second-order valence-electron chi connectivity index (χ2n) is 4.73. The van der Waals surface area contributed by atoms with E-state index in [0.717, 1.165) is 23.5 Å². The number of hydrogen-bond donors (Lipinski definition) is 1. The maximum atomic E-state index is 11.0. The van der Waals surface area contributed by atoms with Gasteiger partial charge in [-0.15, -0.1) is 0 Å². The van der Waals surface area contributed by atoms with Crippen LogP contribution >= 0.6 is 0 Å². The van der Waals surface area contributed by atoms with E-state index in [1.54, 1.807) is 14.2 Å². The monoisotopic (exact) mass is 281 g/mol. The molecule has 0 heterocycles. The summed E-state index contributed by atoms with van der Waals surface area (Å²) in [7, 11) is 3.21. The van der Waals surface area contributed by atoms with Crippen LogP contribution in [0.15, 0.2) is 18.2 Å². The first-order chi connectivity index (χ1) is 9.51. The van der Waals surface area contributed by atoms with Crippen LogP contribution in [0, 0.1) is 0 Å². The number of carbonyl (C=O) groups is 1. The molecule has 0 aromatic heterocycles. The number of aliphatic carboxylic acids is 1. The quantitative estimate of drug-likeness (QED) is 0.793. The molecule has 0 fully saturated rings. The van der Waals surface area contributed by atoms with Crippen LogP contribution in [0.1, 0.15) is 25.8 Å². The SMILES string of the molecule is CCC(C)N(CC(=O)O)Cc1cc(OC)ccc1OC. The van der Waals surface area contributed by atoms with Crippen LogP contribution in [-0.4, -0.2) is 42.8 Å². The standard InChI is InChI=1S/C15H23NO4/c1-5-11(2)16(10-15(17)18)9-12-8-13(19-3)6-7-14(12)20-4/h6-8,11H,5,9-10H2,1-4H3,(H,17,18). The van der Waals surface area contributed by atoms with Crippen molar-refractivity contribution in [1.29, 1.82) is 0 Å². The van der Waals surface area contributed by atoms with E-state index < -0.39 is 5.97 Å². The summed E-state index contributed by atoms with van der Waals surface area (Å²) in [5, 5.41) is 9.04. The van der Waals surface area contributed by atoms with Crippen LogP contribution in [0.25, 0.3) is 0 Å². The molecule has 1 N–H and O–H groups in total. The first-order valence-corrected chi connectivity index (χ1v) is 6.68. The number of methoxy groups -OCH3 is 2. The summed E-state index contributed by atoms with van der Waals surface area (Å²) in [4.78, 5) is 12.9. The lowest BCUT2D eigenvalue weighted by Crippen LogP contribution is -2.36. The molecule has 0 spiro atoms. The lowest BCUT2D eigenvalue weighted by atomic mass is 10.1. The van der Waals surface area contributed by atoms with Crippen LogP contribution in [-0.2, 0) is 11.3 Å². The van der Waals surface area contributed by atoms with Gasteiger partial charge in [-0.1, -0.05) is 6.92 Å². The van der Waals surface area contributed by atoms with Gasteiger partial charge < -0.3 is 14.6 Å². The summed E-state index contributed by atoms with van der Waals surface area (Å²) >= 11 is 0. The number of rotatable bonds is 8. The molecule has 0 saturated carbocycles. The van der Waals surface area contributed by atoms with Gasteiger partial charge in [0, 0.05) is 18.2 Å². The van der Waals surface area contributed by atoms with Crippen molar-refractivity contribution in [1.82, 2.24) is 4.90 Å². The Labute approximate surface area is 120 Å². The van der Waals surface area contributed by atoms with Gasteiger partial charge in [0.25, 0.3) is 0 Å². The zero-order valence-electron chi connectivity index (χ0n) is 12.5. The van der Waals surface area contributed by atoms with Crippen molar-refractivity contribution < 1.29 is 19.4 Å². The smallest absolute Gasteiger partial charge is 0.317 e. The van der Waals surface area contributed by atoms with Crippen molar-refractivity contribution in [3.63, 3.8) is 0 Å². The van der Waals surface area contributed by atoms with Crippen LogP contribution in [0.5, 0.6) is 11.5 Å². The molecular formula is C15H23NO4. The number of benzene rings is 1. The first kappa shape index (κ1) is 16.3. The van der Waals surface area contributed by atoms with Gasteiger partial charge in [-0.3, -0.25) is 9.69 Å². The van der Waals surface area contributed by atoms with E-state index in [2.05, 4.69) is 0 Å². The van der Waals surface area contributed by atoms with E-state index in [1.807, 2.05) is 36.9 Å². The van der Waals surface area contributed by atoms with Gasteiger partial charge in [-0.05, 0) is 31.5 Å². The fraction of sp³-hybridized carbons (Fsp3) is 0.533. The number of hydrogen-bond acceptors (Lipinski definition) is 4. The molecule has 1 aromatic rings. The van der Waals surface area contributed by atoms with Gasteiger partial charge >= 0.3 is 5.97 Å². The minimum absolute atomic E-state index is 0.00930. The lowest BCUT2D eigenvalue weighted by molar-refractivity contribution is -0.139. The summed E-state index contributed by atoms with van der Waals surface area (Å²) in [5.74, 6) is 0.650. The van der Waals surface area contributed by atoms with E-state index in [-0.39, 0.29) is 12.6 Å². The van der Waals surface area contributed by atoms with Crippen molar-refractivity contribution in [2.45, 2.75) is 32.9 Å². The Morgan fingerprint density at radius 2 is 2.05 bits per heavy atom. The fourth-order valence-corrected chi connectivity index (χ4v) is 2.02. The maximum absolute atomic E-state index is 11.0. The third-order valence-electron chi connectivity index (χ3n) is 3.41. The van der Waals surface area contributed by atoms with Crippen molar-refractivity contribution in [2.75, 3.05) is 20.8 Å². The predicted molar refractivity (Wildman–Crippen MR) is 77.3 cm³/mol. The Hall–Kier alpha value is -1.75. The van der Waals surface area contributed by atoms with E-state index in [9.17, 15) is 4.79 Å². The van der Waals surface area contributed by atoms with Crippen molar-refractivity contribution in [3.8, 4) is 11.5 Å². The van der Waals surface area contributed by atoms with Gasteiger partial charge in [0.2, 0.25) is 0 Å². The van der Waals surface area contributed by atoms with Crippen LogP contribution < -0.4 is 9.47 Å². The highest BCUT2D eigenvalue weighted by Gasteiger charge is 2.18. The topological polar surface area (TPSA) is 59.0 Å². The maximum Gasteiger partial charge on any atom is 0.317 e. The molecule has 0 aliphatic carbocycles. The molecule has 20 heavy (non-hydrogen) atoms. The van der Waals surface area contributed by atoms with Crippen molar-refractivity contribution in [3.05, 3.63) is 23.8 Å². The molecule has 0 amide bonds. The third-order valence-corrected chi connectivity index (χ3v) is 3.41. The van der Waals surface area contributed by atoms with E-state index in [0.29, 0.717) is 6.54 Å². The second kappa shape index (κ2) is 7.75. The summed E-state index contributed by atoms with van der Waals surface area (Å²) in [6.07, 6.45) is 0.888. The Morgan fingerprint density at radius 1 is 1.35 bits per heavy atom. The highest BCUT2D eigenvalue weighted by Crippen LogP contribution is 2.26. The molecule has 0 bridgehead atoms. The van der Waals surface area contributed by atoms with Crippen LogP contribution in [0.2, 0.25) is 0 Å². The zero-order chi connectivity index (χ0) is 15.1. The van der Waals surface area contributed by atoms with Crippen LogP contribution in [0.4, 0.5) is 0 Å². The zero-order valence-corrected chi connectivity index (χ0v) is 12.5. The fourth-order valence-electron chi connectivity index (χ4n) is 2.02. The van der Waals surface area contributed by atoms with Gasteiger partial charge in [-0.2, -0.15) is 0 Å². The molecule has 1 aromatic carbocycles. The Bertz CT molecular complexity index is 447. The average Bonchev–Trinajstić information content (AvgIpc) is 2.45. The molecule has 5 nitrogen and oxygen atoms in total. The van der Waals surface area contributed by atoms with Crippen LogP contribution in [0.3, 0.4) is 0 Å². The average molecular weight is 281 g/mol. The molecule has 0 aliphatic heterocycles. The Morgan fingerprint density at radius 3 is 2.55 bits per heavy atom. The summed E-state index contributed by atoms with van der Waals surface area (Å²) in [6, 6.07) is 5.73. The van der Waals surface area contributed by atoms with Gasteiger partial charge in [0.1, 0.15) is 11.5 Å². The highest BCUT2D eigenvalue weighted by atomic mass is 16.5. The predicted octanol–water partition coefficient (Wildman–Crippen LogP) is 2.39. The molecule has 1 atom stereocenters. The van der Waals surface area contributed by atoms with Gasteiger partial charge in [0.05, 0.1) is 20.8 Å². The molecule has 5 heteroatoms. The Balaban J connectivity index is 2.99. The van der Waals surface area contributed by atoms with Gasteiger partial charge in [-0.25, -0.2) is 0 Å². The number of ether oxygens (including phenoxy) is 2. The minimum atomic E-state index is -0.827.